The molecule has 0 saturated heterocycles. The van der Waals surface area contributed by atoms with Gasteiger partial charge in [-0.3, -0.25) is 10.2 Å². The number of hydrogen-bond donors (Lipinski definition) is 2. The number of aromatic nitrogens is 1. The molecule has 1 amide bonds. The van der Waals surface area contributed by atoms with E-state index in [9.17, 15) is 4.79 Å². The molecule has 14 heavy (non-hydrogen) atoms. The molecule has 0 saturated carbocycles. The summed E-state index contributed by atoms with van der Waals surface area (Å²) in [6.45, 7) is 3.73. The van der Waals surface area contributed by atoms with Crippen LogP contribution in [-0.2, 0) is 4.79 Å². The van der Waals surface area contributed by atoms with E-state index in [1.807, 2.05) is 13.8 Å². The Bertz CT molecular complexity index is 289. The van der Waals surface area contributed by atoms with Gasteiger partial charge in [0.15, 0.2) is 0 Å². The second kappa shape index (κ2) is 5.02. The maximum atomic E-state index is 11.2. The molecular weight excluding hydrogens is 202 g/mol. The average Bonchev–Trinajstić information content (AvgIpc) is 2.68. The highest BCUT2D eigenvalue weighted by Crippen LogP contribution is 2.26. The monoisotopic (exact) mass is 215 g/mol. The average molecular weight is 215 g/mol. The molecule has 0 aromatic carbocycles. The van der Waals surface area contributed by atoms with Crippen LogP contribution in [0, 0.1) is 5.92 Å². The van der Waals surface area contributed by atoms with Crippen molar-refractivity contribution >= 4 is 17.7 Å². The number of rotatable bonds is 4. The van der Waals surface area contributed by atoms with Crippen molar-refractivity contribution in [2.24, 2.45) is 11.8 Å². The Morgan fingerprint density at radius 1 is 1.71 bits per heavy atom. The SMILES string of the molecule is CC(Sc1ncco1)C(C)C(=O)NN. The molecule has 0 bridgehead atoms. The van der Waals surface area contributed by atoms with Crippen LogP contribution in [0.15, 0.2) is 22.1 Å². The Labute approximate surface area is 86.4 Å². The van der Waals surface area contributed by atoms with Gasteiger partial charge in [0.2, 0.25) is 5.91 Å². The van der Waals surface area contributed by atoms with Crippen molar-refractivity contribution in [3.63, 3.8) is 0 Å². The first-order valence-electron chi connectivity index (χ1n) is 4.21. The molecule has 3 N–H and O–H groups in total. The summed E-state index contributed by atoms with van der Waals surface area (Å²) in [5, 5.41) is 0.631. The Hall–Kier alpha value is -1.01. The Balaban J connectivity index is 2.49. The first-order valence-corrected chi connectivity index (χ1v) is 5.09. The van der Waals surface area contributed by atoms with Gasteiger partial charge in [0.25, 0.3) is 5.22 Å². The number of nitrogens with zero attached hydrogens (tertiary/aromatic N) is 1. The van der Waals surface area contributed by atoms with Crippen LogP contribution >= 0.6 is 11.8 Å². The zero-order valence-corrected chi connectivity index (χ0v) is 8.88. The Kier molecular flexibility index (Phi) is 3.97. The molecule has 78 valence electrons. The first kappa shape index (κ1) is 11.1. The standard InChI is InChI=1S/C8H13N3O2S/c1-5(7(12)11-9)6(2)14-8-10-3-4-13-8/h3-6H,9H2,1-2H3,(H,11,12). The lowest BCUT2D eigenvalue weighted by Gasteiger charge is -2.15. The van der Waals surface area contributed by atoms with Crippen molar-refractivity contribution in [2.45, 2.75) is 24.3 Å². The predicted octanol–water partition coefficient (Wildman–Crippen LogP) is 0.781. The summed E-state index contributed by atoms with van der Waals surface area (Å²) in [7, 11) is 0. The molecule has 0 aliphatic carbocycles. The summed E-state index contributed by atoms with van der Waals surface area (Å²) in [6.07, 6.45) is 3.07. The van der Waals surface area contributed by atoms with Gasteiger partial charge in [-0.1, -0.05) is 25.6 Å². The summed E-state index contributed by atoms with van der Waals surface area (Å²) in [4.78, 5) is 15.1. The van der Waals surface area contributed by atoms with Gasteiger partial charge < -0.3 is 4.42 Å². The molecule has 2 atom stereocenters. The number of amides is 1. The molecule has 0 spiro atoms. The van der Waals surface area contributed by atoms with E-state index in [1.165, 1.54) is 18.0 Å². The molecule has 1 heterocycles. The van der Waals surface area contributed by atoms with E-state index in [4.69, 9.17) is 10.3 Å². The Morgan fingerprint density at radius 2 is 2.43 bits per heavy atom. The van der Waals surface area contributed by atoms with Crippen LogP contribution in [0.25, 0.3) is 0 Å². The number of nitrogens with one attached hydrogen (secondary N) is 1. The second-order valence-corrected chi connectivity index (χ2v) is 4.25. The number of oxazole rings is 1. The molecule has 0 aliphatic heterocycles. The molecule has 0 aliphatic rings. The van der Waals surface area contributed by atoms with Crippen LogP contribution < -0.4 is 11.3 Å². The van der Waals surface area contributed by atoms with E-state index in [2.05, 4.69) is 10.4 Å². The minimum absolute atomic E-state index is 0.0669. The fraction of sp³-hybridized carbons (Fsp3) is 0.500. The number of hydrazine groups is 1. The highest BCUT2D eigenvalue weighted by atomic mass is 32.2. The minimum atomic E-state index is -0.184. The maximum absolute atomic E-state index is 11.2. The van der Waals surface area contributed by atoms with E-state index < -0.39 is 0 Å². The highest BCUT2D eigenvalue weighted by molar-refractivity contribution is 7.99. The lowest BCUT2D eigenvalue weighted by atomic mass is 10.1. The fourth-order valence-electron chi connectivity index (χ4n) is 0.874. The molecule has 5 nitrogen and oxygen atoms in total. The topological polar surface area (TPSA) is 81.2 Å². The molecule has 1 rings (SSSR count). The third-order valence-electron chi connectivity index (χ3n) is 1.96. The van der Waals surface area contributed by atoms with Crippen molar-refractivity contribution < 1.29 is 9.21 Å². The van der Waals surface area contributed by atoms with Crippen LogP contribution in [-0.4, -0.2) is 16.1 Å². The molecule has 1 aromatic heterocycles. The smallest absolute Gasteiger partial charge is 0.255 e. The lowest BCUT2D eigenvalue weighted by Crippen LogP contribution is -2.38. The molecule has 2 unspecified atom stereocenters. The van der Waals surface area contributed by atoms with Gasteiger partial charge in [-0.15, -0.1) is 0 Å². The van der Waals surface area contributed by atoms with Gasteiger partial charge >= 0.3 is 0 Å². The second-order valence-electron chi connectivity index (χ2n) is 2.92. The first-order chi connectivity index (χ1) is 6.65. The van der Waals surface area contributed by atoms with Crippen LogP contribution in [0.4, 0.5) is 0 Å². The third kappa shape index (κ3) is 2.74. The van der Waals surface area contributed by atoms with Crippen LogP contribution in [0.2, 0.25) is 0 Å². The van der Waals surface area contributed by atoms with Gasteiger partial charge in [-0.2, -0.15) is 0 Å². The molecular formula is C8H13N3O2S. The Morgan fingerprint density at radius 3 is 2.93 bits per heavy atom. The van der Waals surface area contributed by atoms with E-state index in [0.717, 1.165) is 0 Å². The maximum Gasteiger partial charge on any atom is 0.255 e. The summed E-state index contributed by atoms with van der Waals surface area (Å²) >= 11 is 1.41. The van der Waals surface area contributed by atoms with Crippen molar-refractivity contribution in [2.75, 3.05) is 0 Å². The lowest BCUT2D eigenvalue weighted by molar-refractivity contribution is -0.124. The van der Waals surface area contributed by atoms with Crippen molar-refractivity contribution in [3.8, 4) is 0 Å². The van der Waals surface area contributed by atoms with Crippen LogP contribution in [0.1, 0.15) is 13.8 Å². The predicted molar refractivity (Wildman–Crippen MR) is 53.3 cm³/mol. The fourth-order valence-corrected chi connectivity index (χ4v) is 1.75. The van der Waals surface area contributed by atoms with Gasteiger partial charge in [-0.05, 0) is 0 Å². The number of hydrogen-bond acceptors (Lipinski definition) is 5. The zero-order valence-electron chi connectivity index (χ0n) is 8.06. The number of nitrogens with two attached hydrogens (primary N) is 1. The van der Waals surface area contributed by atoms with Crippen LogP contribution in [0.3, 0.4) is 0 Å². The summed E-state index contributed by atoms with van der Waals surface area (Å²) < 4.78 is 5.06. The number of carbonyl (C=O) groups excluding carboxylic acids is 1. The van der Waals surface area contributed by atoms with Crippen LogP contribution in [0.5, 0.6) is 0 Å². The summed E-state index contributed by atoms with van der Waals surface area (Å²) in [5.41, 5.74) is 2.12. The zero-order chi connectivity index (χ0) is 10.6. The van der Waals surface area contributed by atoms with E-state index in [1.54, 1.807) is 6.20 Å². The van der Waals surface area contributed by atoms with Crippen molar-refractivity contribution in [1.29, 1.82) is 0 Å². The normalized spacial score (nSPS) is 14.8. The minimum Gasteiger partial charge on any atom is -0.440 e. The molecule has 1 aromatic rings. The van der Waals surface area contributed by atoms with Gasteiger partial charge in [0.05, 0.1) is 6.20 Å². The van der Waals surface area contributed by atoms with Crippen molar-refractivity contribution in [1.82, 2.24) is 10.4 Å². The third-order valence-corrected chi connectivity index (χ3v) is 3.14. The van der Waals surface area contributed by atoms with E-state index >= 15 is 0 Å². The summed E-state index contributed by atoms with van der Waals surface area (Å²) in [5.74, 6) is 4.67. The van der Waals surface area contributed by atoms with Crippen molar-refractivity contribution in [3.05, 3.63) is 12.5 Å². The molecule has 0 radical (unpaired) electrons. The largest absolute Gasteiger partial charge is 0.440 e. The van der Waals surface area contributed by atoms with E-state index in [-0.39, 0.29) is 17.1 Å². The number of carbonyl (C=O) groups is 1. The van der Waals surface area contributed by atoms with Gasteiger partial charge in [-0.25, -0.2) is 10.8 Å². The summed E-state index contributed by atoms with van der Waals surface area (Å²) in [6, 6.07) is 0. The highest BCUT2D eigenvalue weighted by Gasteiger charge is 2.21. The van der Waals surface area contributed by atoms with E-state index in [0.29, 0.717) is 5.22 Å². The number of thioether (sulfide) groups is 1. The quantitative estimate of drug-likeness (QED) is 0.336. The van der Waals surface area contributed by atoms with Gasteiger partial charge in [0, 0.05) is 11.2 Å². The molecule has 6 heteroatoms. The van der Waals surface area contributed by atoms with Gasteiger partial charge in [0.1, 0.15) is 6.26 Å². The molecule has 0 fully saturated rings.